The Hall–Kier alpha value is -3.02. The number of benzene rings is 2. The monoisotopic (exact) mass is 379 g/mol. The van der Waals surface area contributed by atoms with E-state index in [1.165, 1.54) is 12.1 Å². The molecule has 6 heteroatoms. The number of hydrogen-bond acceptors (Lipinski definition) is 3. The quantitative estimate of drug-likeness (QED) is 0.680. The van der Waals surface area contributed by atoms with Crippen molar-refractivity contribution < 1.29 is 9.18 Å². The zero-order chi connectivity index (χ0) is 19.8. The number of aromatic nitrogens is 2. The smallest absolute Gasteiger partial charge is 0.272 e. The molecule has 4 rings (SSSR count). The molecule has 2 aromatic carbocycles. The largest absolute Gasteiger partial charge is 0.331 e. The predicted molar refractivity (Wildman–Crippen MR) is 106 cm³/mol. The summed E-state index contributed by atoms with van der Waals surface area (Å²) in [6, 6.07) is 11.8. The number of amides is 1. The zero-order valence-electron chi connectivity index (χ0n) is 16.0. The second-order valence-corrected chi connectivity index (χ2v) is 7.24. The minimum absolute atomic E-state index is 0.0672. The molecule has 0 atom stereocenters. The van der Waals surface area contributed by atoms with Gasteiger partial charge >= 0.3 is 0 Å². The van der Waals surface area contributed by atoms with E-state index in [1.807, 2.05) is 11.8 Å². The molecule has 1 aliphatic carbocycles. The Kier molecular flexibility index (Phi) is 4.71. The Morgan fingerprint density at radius 1 is 1.21 bits per heavy atom. The molecule has 1 amide bonds. The van der Waals surface area contributed by atoms with Crippen molar-refractivity contribution >= 4 is 16.9 Å². The summed E-state index contributed by atoms with van der Waals surface area (Å²) in [6.07, 6.45) is 1.96. The lowest BCUT2D eigenvalue weighted by Crippen LogP contribution is -2.32. The molecule has 5 nitrogen and oxygen atoms in total. The molecule has 0 spiro atoms. The maximum atomic E-state index is 13.2. The fraction of sp³-hybridized carbons (Fsp3) is 0.318. The van der Waals surface area contributed by atoms with Gasteiger partial charge in [0, 0.05) is 24.7 Å². The maximum absolute atomic E-state index is 13.2. The van der Waals surface area contributed by atoms with Crippen LogP contribution in [0.5, 0.6) is 0 Å². The van der Waals surface area contributed by atoms with Gasteiger partial charge in [-0.1, -0.05) is 12.1 Å². The average Bonchev–Trinajstić information content (AvgIpc) is 3.53. The zero-order valence-corrected chi connectivity index (χ0v) is 16.0. The molecule has 3 aromatic rings. The minimum Gasteiger partial charge on any atom is -0.331 e. The Morgan fingerprint density at radius 2 is 1.93 bits per heavy atom. The number of nitrogens with zero attached hydrogens (tertiary/aromatic N) is 3. The first-order valence-electron chi connectivity index (χ1n) is 9.54. The van der Waals surface area contributed by atoms with Gasteiger partial charge in [-0.05, 0) is 62.6 Å². The molecule has 0 unspecified atom stereocenters. The summed E-state index contributed by atoms with van der Waals surface area (Å²) in [7, 11) is 0. The Morgan fingerprint density at radius 3 is 2.57 bits per heavy atom. The lowest BCUT2D eigenvalue weighted by Gasteiger charge is -2.23. The number of halogens is 1. The van der Waals surface area contributed by atoms with Gasteiger partial charge in [-0.15, -0.1) is 0 Å². The molecular weight excluding hydrogens is 357 g/mol. The van der Waals surface area contributed by atoms with E-state index < -0.39 is 0 Å². The van der Waals surface area contributed by atoms with Crippen molar-refractivity contribution in [3.05, 3.63) is 75.5 Å². The highest BCUT2D eigenvalue weighted by Crippen LogP contribution is 2.30. The molecule has 1 fully saturated rings. The molecule has 144 valence electrons. The highest BCUT2D eigenvalue weighted by atomic mass is 19.1. The fourth-order valence-electron chi connectivity index (χ4n) is 3.53. The van der Waals surface area contributed by atoms with Crippen molar-refractivity contribution in [2.45, 2.75) is 45.8 Å². The van der Waals surface area contributed by atoms with Gasteiger partial charge in [0.05, 0.1) is 11.0 Å². The maximum Gasteiger partial charge on any atom is 0.272 e. The van der Waals surface area contributed by atoms with Crippen LogP contribution in [-0.4, -0.2) is 26.4 Å². The average molecular weight is 379 g/mol. The molecule has 1 aromatic heterocycles. The molecule has 0 N–H and O–H groups in total. The topological polar surface area (TPSA) is 55.2 Å². The molecular formula is C22H22FN3O2. The van der Waals surface area contributed by atoms with Crippen molar-refractivity contribution in [2.24, 2.45) is 0 Å². The molecule has 0 saturated heterocycles. The van der Waals surface area contributed by atoms with Gasteiger partial charge in [0.25, 0.3) is 11.5 Å². The summed E-state index contributed by atoms with van der Waals surface area (Å²) in [5, 5.41) is 0. The third-order valence-corrected chi connectivity index (χ3v) is 5.19. The number of fused-ring (bicyclic) bond motifs is 1. The first-order valence-corrected chi connectivity index (χ1v) is 9.54. The Balaban J connectivity index is 1.69. The highest BCUT2D eigenvalue weighted by molar-refractivity contribution is 5.97. The van der Waals surface area contributed by atoms with Crippen LogP contribution in [0.15, 0.2) is 47.3 Å². The van der Waals surface area contributed by atoms with Gasteiger partial charge in [-0.3, -0.25) is 9.59 Å². The number of rotatable bonds is 5. The summed E-state index contributed by atoms with van der Waals surface area (Å²) >= 11 is 0. The van der Waals surface area contributed by atoms with E-state index in [0.717, 1.165) is 23.9 Å². The van der Waals surface area contributed by atoms with E-state index in [2.05, 4.69) is 4.98 Å². The van der Waals surface area contributed by atoms with Crippen LogP contribution in [0.1, 0.15) is 41.4 Å². The molecule has 1 heterocycles. The second-order valence-electron chi connectivity index (χ2n) is 7.24. The first kappa shape index (κ1) is 18.3. The van der Waals surface area contributed by atoms with Crippen molar-refractivity contribution in [1.82, 2.24) is 14.5 Å². The van der Waals surface area contributed by atoms with Crippen LogP contribution >= 0.6 is 0 Å². The van der Waals surface area contributed by atoms with Gasteiger partial charge in [0.2, 0.25) is 0 Å². The minimum atomic E-state index is -0.286. The van der Waals surface area contributed by atoms with Crippen molar-refractivity contribution in [3.8, 4) is 0 Å². The number of aryl methyl sites for hydroxylation is 2. The lowest BCUT2D eigenvalue weighted by atomic mass is 10.1. The van der Waals surface area contributed by atoms with Crippen LogP contribution in [0.2, 0.25) is 0 Å². The van der Waals surface area contributed by atoms with E-state index in [1.54, 1.807) is 41.8 Å². The summed E-state index contributed by atoms with van der Waals surface area (Å²) in [5.74, 6) is -0.353. The number of hydrogen-bond donors (Lipinski definition) is 0. The third kappa shape index (κ3) is 3.42. The molecule has 1 aliphatic rings. The first-order chi connectivity index (χ1) is 13.5. The molecule has 0 radical (unpaired) electrons. The SMILES string of the molecule is CCn1c(=O)c(C)nc2cc(C(=O)N(Cc3ccc(F)cc3)C3CC3)ccc21. The fourth-order valence-corrected chi connectivity index (χ4v) is 3.53. The van der Waals surface area contributed by atoms with Crippen LogP contribution in [-0.2, 0) is 13.1 Å². The highest BCUT2D eigenvalue weighted by Gasteiger charge is 2.33. The van der Waals surface area contributed by atoms with E-state index in [0.29, 0.717) is 29.9 Å². The van der Waals surface area contributed by atoms with Crippen LogP contribution < -0.4 is 5.56 Å². The lowest BCUT2D eigenvalue weighted by molar-refractivity contribution is 0.0730. The van der Waals surface area contributed by atoms with Gasteiger partial charge < -0.3 is 9.47 Å². The van der Waals surface area contributed by atoms with E-state index in [4.69, 9.17) is 0 Å². The van der Waals surface area contributed by atoms with Gasteiger partial charge in [0.1, 0.15) is 11.5 Å². The third-order valence-electron chi connectivity index (χ3n) is 5.19. The van der Waals surface area contributed by atoms with Crippen molar-refractivity contribution in [2.75, 3.05) is 0 Å². The van der Waals surface area contributed by atoms with Crippen LogP contribution in [0.4, 0.5) is 4.39 Å². The summed E-state index contributed by atoms with van der Waals surface area (Å²) in [6.45, 7) is 4.60. The Labute approximate surface area is 162 Å². The van der Waals surface area contributed by atoms with Crippen LogP contribution in [0.25, 0.3) is 11.0 Å². The standard InChI is InChI=1S/C22H22FN3O2/c1-3-25-20-11-6-16(12-19(20)24-14(2)21(25)27)22(28)26(18-9-10-18)13-15-4-7-17(23)8-5-15/h4-8,11-12,18H,3,9-10,13H2,1-2H3. The molecule has 0 aliphatic heterocycles. The normalized spacial score (nSPS) is 13.7. The number of carbonyl (C=O) groups is 1. The second kappa shape index (κ2) is 7.19. The van der Waals surface area contributed by atoms with E-state index in [9.17, 15) is 14.0 Å². The van der Waals surface area contributed by atoms with Crippen molar-refractivity contribution in [1.29, 1.82) is 0 Å². The summed E-state index contributed by atoms with van der Waals surface area (Å²) < 4.78 is 14.8. The van der Waals surface area contributed by atoms with Gasteiger partial charge in [-0.2, -0.15) is 0 Å². The Bertz CT molecular complexity index is 1100. The molecule has 0 bridgehead atoms. The van der Waals surface area contributed by atoms with Crippen LogP contribution in [0.3, 0.4) is 0 Å². The van der Waals surface area contributed by atoms with E-state index >= 15 is 0 Å². The van der Waals surface area contributed by atoms with E-state index in [-0.39, 0.29) is 23.3 Å². The van der Waals surface area contributed by atoms with Crippen molar-refractivity contribution in [3.63, 3.8) is 0 Å². The summed E-state index contributed by atoms with van der Waals surface area (Å²) in [5.41, 5.74) is 3.13. The molecule has 28 heavy (non-hydrogen) atoms. The predicted octanol–water partition coefficient (Wildman–Crippen LogP) is 3.67. The number of carbonyl (C=O) groups excluding carboxylic acids is 1. The van der Waals surface area contributed by atoms with Crippen LogP contribution in [0, 0.1) is 12.7 Å². The summed E-state index contributed by atoms with van der Waals surface area (Å²) in [4.78, 5) is 31.7. The van der Waals surface area contributed by atoms with Gasteiger partial charge in [-0.25, -0.2) is 9.37 Å². The molecule has 1 saturated carbocycles. The van der Waals surface area contributed by atoms with Gasteiger partial charge in [0.15, 0.2) is 0 Å².